The number of amides is 1. The van der Waals surface area contributed by atoms with E-state index in [4.69, 9.17) is 10.2 Å². The molecule has 0 radical (unpaired) electrons. The van der Waals surface area contributed by atoms with Crippen LogP contribution < -0.4 is 10.5 Å². The Bertz CT molecular complexity index is 624. The summed E-state index contributed by atoms with van der Waals surface area (Å²) in [7, 11) is -3.30. The summed E-state index contributed by atoms with van der Waals surface area (Å²) in [5, 5.41) is 0. The molecule has 2 unspecified atom stereocenters. The van der Waals surface area contributed by atoms with E-state index < -0.39 is 10.0 Å². The number of nitrogens with zero attached hydrogens (tertiary/aromatic N) is 1. The summed E-state index contributed by atoms with van der Waals surface area (Å²) in [5.74, 6) is 0.439. The molecule has 1 fully saturated rings. The average Bonchev–Trinajstić information content (AvgIpc) is 2.92. The van der Waals surface area contributed by atoms with Crippen LogP contribution in [0, 0.1) is 0 Å². The molecule has 0 bridgehead atoms. The zero-order valence-corrected chi connectivity index (χ0v) is 13.7. The molecule has 1 saturated heterocycles. The van der Waals surface area contributed by atoms with Gasteiger partial charge in [0.15, 0.2) is 5.76 Å². The van der Waals surface area contributed by atoms with Crippen LogP contribution in [0.25, 0.3) is 0 Å². The van der Waals surface area contributed by atoms with Crippen molar-refractivity contribution in [1.29, 1.82) is 0 Å². The van der Waals surface area contributed by atoms with E-state index >= 15 is 0 Å². The molecule has 1 aromatic heterocycles. The number of rotatable bonds is 5. The fourth-order valence-electron chi connectivity index (χ4n) is 2.69. The van der Waals surface area contributed by atoms with Gasteiger partial charge in [-0.15, -0.1) is 0 Å². The van der Waals surface area contributed by atoms with E-state index in [1.165, 1.54) is 0 Å². The molecule has 1 aliphatic rings. The molecule has 1 aromatic rings. The van der Waals surface area contributed by atoms with Crippen LogP contribution >= 0.6 is 0 Å². The first kappa shape index (κ1) is 17.0. The lowest BCUT2D eigenvalue weighted by Crippen LogP contribution is -2.51. The molecule has 3 N–H and O–H groups in total. The van der Waals surface area contributed by atoms with Crippen molar-refractivity contribution in [3.05, 3.63) is 23.7 Å². The first-order chi connectivity index (χ1) is 10.3. The number of nitrogens with two attached hydrogens (primary N) is 1. The Morgan fingerprint density at radius 2 is 2.23 bits per heavy atom. The molecule has 124 valence electrons. The van der Waals surface area contributed by atoms with E-state index in [-0.39, 0.29) is 30.3 Å². The van der Waals surface area contributed by atoms with Crippen molar-refractivity contribution >= 4 is 15.9 Å². The highest BCUT2D eigenvalue weighted by atomic mass is 32.2. The van der Waals surface area contributed by atoms with Crippen LogP contribution in [-0.4, -0.2) is 44.1 Å². The number of carbonyl (C=O) groups is 1. The Kier molecular flexibility index (Phi) is 5.25. The van der Waals surface area contributed by atoms with Crippen LogP contribution in [0.3, 0.4) is 0 Å². The lowest BCUT2D eigenvalue weighted by Gasteiger charge is -2.37. The van der Waals surface area contributed by atoms with Gasteiger partial charge in [-0.25, -0.2) is 13.1 Å². The van der Waals surface area contributed by atoms with Gasteiger partial charge in [-0.2, -0.15) is 0 Å². The van der Waals surface area contributed by atoms with Crippen molar-refractivity contribution < 1.29 is 17.6 Å². The van der Waals surface area contributed by atoms with Crippen molar-refractivity contribution in [1.82, 2.24) is 9.62 Å². The van der Waals surface area contributed by atoms with Gasteiger partial charge in [0.05, 0.1) is 12.8 Å². The molecule has 0 spiro atoms. The molecule has 2 atom stereocenters. The highest BCUT2D eigenvalue weighted by Crippen LogP contribution is 2.22. The van der Waals surface area contributed by atoms with Gasteiger partial charge in [0.25, 0.3) is 5.91 Å². The Hall–Kier alpha value is -1.38. The summed E-state index contributed by atoms with van der Waals surface area (Å²) in [6.07, 6.45) is 3.99. The summed E-state index contributed by atoms with van der Waals surface area (Å²) < 4.78 is 29.9. The largest absolute Gasteiger partial charge is 0.455 e. The maximum Gasteiger partial charge on any atom is 0.289 e. The first-order valence-electron chi connectivity index (χ1n) is 7.38. The number of likely N-dealkylation sites (tertiary alicyclic amines) is 1. The van der Waals surface area contributed by atoms with Crippen LogP contribution in [0.15, 0.2) is 16.5 Å². The molecule has 1 aliphatic heterocycles. The zero-order valence-electron chi connectivity index (χ0n) is 12.9. The highest BCUT2D eigenvalue weighted by Gasteiger charge is 2.31. The van der Waals surface area contributed by atoms with Gasteiger partial charge in [0, 0.05) is 18.6 Å². The Morgan fingerprint density at radius 3 is 2.86 bits per heavy atom. The van der Waals surface area contributed by atoms with Crippen molar-refractivity contribution in [2.75, 3.05) is 12.8 Å². The van der Waals surface area contributed by atoms with Crippen LogP contribution in [0.5, 0.6) is 0 Å². The minimum atomic E-state index is -3.30. The molecule has 2 rings (SSSR count). The van der Waals surface area contributed by atoms with E-state index in [9.17, 15) is 13.2 Å². The molecule has 7 nitrogen and oxygen atoms in total. The van der Waals surface area contributed by atoms with E-state index in [0.717, 1.165) is 25.5 Å². The van der Waals surface area contributed by atoms with E-state index in [1.54, 1.807) is 17.0 Å². The third kappa shape index (κ3) is 4.31. The zero-order chi connectivity index (χ0) is 16.3. The first-order valence-corrected chi connectivity index (χ1v) is 9.27. The van der Waals surface area contributed by atoms with Crippen molar-refractivity contribution in [2.24, 2.45) is 5.73 Å². The summed E-state index contributed by atoms with van der Waals surface area (Å²) in [6.45, 7) is 2.60. The average molecular weight is 329 g/mol. The third-order valence-electron chi connectivity index (χ3n) is 3.80. The smallest absolute Gasteiger partial charge is 0.289 e. The van der Waals surface area contributed by atoms with Crippen molar-refractivity contribution in [3.8, 4) is 0 Å². The van der Waals surface area contributed by atoms with E-state index in [2.05, 4.69) is 4.72 Å². The normalized spacial score (nSPS) is 20.9. The van der Waals surface area contributed by atoms with Crippen LogP contribution in [-0.2, 0) is 16.6 Å². The maximum absolute atomic E-state index is 12.6. The van der Waals surface area contributed by atoms with Gasteiger partial charge in [-0.1, -0.05) is 0 Å². The van der Waals surface area contributed by atoms with Crippen molar-refractivity contribution in [2.45, 2.75) is 44.8 Å². The number of nitrogens with one attached hydrogen (secondary N) is 1. The minimum absolute atomic E-state index is 0.0175. The van der Waals surface area contributed by atoms with Gasteiger partial charge < -0.3 is 15.1 Å². The molecule has 0 aromatic carbocycles. The summed E-state index contributed by atoms with van der Waals surface area (Å²) in [4.78, 5) is 14.3. The molecule has 2 heterocycles. The Morgan fingerprint density at radius 1 is 1.50 bits per heavy atom. The van der Waals surface area contributed by atoms with Crippen LogP contribution in [0.4, 0.5) is 0 Å². The number of hydrogen-bond donors (Lipinski definition) is 2. The van der Waals surface area contributed by atoms with Gasteiger partial charge in [-0.05, 0) is 38.3 Å². The highest BCUT2D eigenvalue weighted by molar-refractivity contribution is 7.88. The van der Waals surface area contributed by atoms with Gasteiger partial charge in [0.1, 0.15) is 5.76 Å². The van der Waals surface area contributed by atoms with Gasteiger partial charge in [-0.3, -0.25) is 4.79 Å². The molecular weight excluding hydrogens is 306 g/mol. The second kappa shape index (κ2) is 6.80. The number of furan rings is 1. The number of piperidine rings is 1. The molecule has 8 heteroatoms. The second-order valence-corrected chi connectivity index (χ2v) is 7.61. The summed E-state index contributed by atoms with van der Waals surface area (Å²) in [6, 6.07) is 3.11. The lowest BCUT2D eigenvalue weighted by atomic mass is 9.96. The molecule has 0 aliphatic carbocycles. The fraction of sp³-hybridized carbons (Fsp3) is 0.643. The van der Waals surface area contributed by atoms with E-state index in [0.29, 0.717) is 12.3 Å². The Labute approximate surface area is 130 Å². The summed E-state index contributed by atoms with van der Waals surface area (Å²) in [5.41, 5.74) is 5.97. The number of hydrogen-bond acceptors (Lipinski definition) is 5. The third-order valence-corrected chi connectivity index (χ3v) is 4.47. The van der Waals surface area contributed by atoms with E-state index in [1.807, 2.05) is 6.92 Å². The topological polar surface area (TPSA) is 106 Å². The summed E-state index contributed by atoms with van der Waals surface area (Å²) >= 11 is 0. The van der Waals surface area contributed by atoms with Crippen LogP contribution in [0.1, 0.15) is 42.5 Å². The fourth-order valence-corrected chi connectivity index (χ4v) is 3.09. The lowest BCUT2D eigenvalue weighted by molar-refractivity contribution is 0.0550. The van der Waals surface area contributed by atoms with Gasteiger partial charge in [0.2, 0.25) is 10.0 Å². The SMILES string of the molecule is CC(N)C1CCCCN1C(=O)c1ccc(CNS(C)(=O)=O)o1. The van der Waals surface area contributed by atoms with Crippen LogP contribution in [0.2, 0.25) is 0 Å². The van der Waals surface area contributed by atoms with Crippen molar-refractivity contribution in [3.63, 3.8) is 0 Å². The number of carbonyl (C=O) groups excluding carboxylic acids is 1. The Balaban J connectivity index is 2.07. The predicted octanol–water partition coefficient (Wildman–Crippen LogP) is 0.671. The second-order valence-electron chi connectivity index (χ2n) is 5.78. The minimum Gasteiger partial charge on any atom is -0.455 e. The molecule has 22 heavy (non-hydrogen) atoms. The molecule has 1 amide bonds. The quantitative estimate of drug-likeness (QED) is 0.826. The monoisotopic (exact) mass is 329 g/mol. The molecule has 0 saturated carbocycles. The standard InChI is InChI=1S/C14H23N3O4S/c1-10(15)12-5-3-4-8-17(12)14(18)13-7-6-11(21-13)9-16-22(2,19)20/h6-7,10,12,16H,3-5,8-9,15H2,1-2H3. The maximum atomic E-state index is 12.6. The predicted molar refractivity (Wildman–Crippen MR) is 82.7 cm³/mol. The molecular formula is C14H23N3O4S. The number of sulfonamides is 1. The van der Waals surface area contributed by atoms with Gasteiger partial charge >= 0.3 is 0 Å².